The summed E-state index contributed by atoms with van der Waals surface area (Å²) >= 11 is 7.28. The SMILES string of the molecule is N#Cc1sccc1-c1c(-c2cccc(OCCC(=O)O)n2)n(S(=O)(=O)c2ccc(Cl)cc2)c2ccccc12. The quantitative estimate of drug-likeness (QED) is 0.244. The summed E-state index contributed by atoms with van der Waals surface area (Å²) in [6, 6.07) is 21.7. The number of halogens is 1. The van der Waals surface area contributed by atoms with Gasteiger partial charge in [-0.3, -0.25) is 4.79 Å². The minimum absolute atomic E-state index is 0.0233. The molecule has 0 bridgehead atoms. The van der Waals surface area contributed by atoms with Crippen LogP contribution < -0.4 is 4.74 Å². The van der Waals surface area contributed by atoms with Crippen molar-refractivity contribution in [2.24, 2.45) is 0 Å². The molecule has 5 aromatic rings. The first-order valence-electron chi connectivity index (χ1n) is 11.3. The lowest BCUT2D eigenvalue weighted by molar-refractivity contribution is -0.137. The van der Waals surface area contributed by atoms with E-state index in [1.165, 1.54) is 39.6 Å². The molecule has 0 unspecified atom stereocenters. The molecule has 0 atom stereocenters. The Morgan fingerprint density at radius 2 is 1.84 bits per heavy atom. The number of carboxylic acid groups (broad SMARTS) is 1. The van der Waals surface area contributed by atoms with Gasteiger partial charge in [0.2, 0.25) is 5.88 Å². The molecule has 0 radical (unpaired) electrons. The average Bonchev–Trinajstić information content (AvgIpc) is 3.51. The minimum atomic E-state index is -4.17. The number of thiophene rings is 1. The first-order chi connectivity index (χ1) is 18.3. The third-order valence-electron chi connectivity index (χ3n) is 5.75. The van der Waals surface area contributed by atoms with Gasteiger partial charge in [-0.05, 0) is 47.8 Å². The van der Waals surface area contributed by atoms with Gasteiger partial charge >= 0.3 is 5.97 Å². The molecule has 8 nitrogen and oxygen atoms in total. The van der Waals surface area contributed by atoms with Crippen molar-refractivity contribution in [3.8, 4) is 34.5 Å². The number of carbonyl (C=O) groups is 1. The predicted octanol–water partition coefficient (Wildman–Crippen LogP) is 6.05. The Balaban J connectivity index is 1.84. The maximum absolute atomic E-state index is 14.2. The predicted molar refractivity (Wildman–Crippen MR) is 145 cm³/mol. The number of hydrogen-bond donors (Lipinski definition) is 1. The Morgan fingerprint density at radius 1 is 1.08 bits per heavy atom. The molecule has 0 aliphatic carbocycles. The van der Waals surface area contributed by atoms with E-state index in [0.717, 1.165) is 0 Å². The van der Waals surface area contributed by atoms with Gasteiger partial charge in [-0.15, -0.1) is 11.3 Å². The number of aromatic nitrogens is 2. The second-order valence-corrected chi connectivity index (χ2v) is 11.2. The van der Waals surface area contributed by atoms with Crippen LogP contribution in [-0.4, -0.2) is 35.1 Å². The number of rotatable bonds is 8. The van der Waals surface area contributed by atoms with E-state index < -0.39 is 16.0 Å². The standard InChI is InChI=1S/C27H18ClN3O5S2/c28-17-8-10-18(11-9-17)38(34,35)31-22-6-2-1-4-19(22)26(20-13-15-37-23(20)16-29)27(31)21-5-3-7-24(30-21)36-14-12-25(32)33/h1-11,13,15H,12,14H2,(H,32,33). The molecular formula is C27H18ClN3O5S2. The molecule has 0 amide bonds. The minimum Gasteiger partial charge on any atom is -0.481 e. The van der Waals surface area contributed by atoms with Crippen LogP contribution in [0.3, 0.4) is 0 Å². The monoisotopic (exact) mass is 563 g/mol. The van der Waals surface area contributed by atoms with E-state index in [1.807, 2.05) is 0 Å². The number of hydrogen-bond acceptors (Lipinski definition) is 7. The highest BCUT2D eigenvalue weighted by Gasteiger charge is 2.30. The second kappa shape index (κ2) is 10.3. The summed E-state index contributed by atoms with van der Waals surface area (Å²) < 4.78 is 35.1. The molecule has 38 heavy (non-hydrogen) atoms. The van der Waals surface area contributed by atoms with Crippen molar-refractivity contribution >= 4 is 49.8 Å². The lowest BCUT2D eigenvalue weighted by atomic mass is 10.0. The number of benzene rings is 2. The van der Waals surface area contributed by atoms with Gasteiger partial charge in [0.25, 0.3) is 10.0 Å². The molecule has 190 valence electrons. The van der Waals surface area contributed by atoms with E-state index in [4.69, 9.17) is 21.4 Å². The Labute approximate surface area is 227 Å². The van der Waals surface area contributed by atoms with Crippen molar-refractivity contribution in [1.82, 2.24) is 8.96 Å². The summed E-state index contributed by atoms with van der Waals surface area (Å²) in [5, 5.41) is 21.5. The number of aliphatic carboxylic acids is 1. The number of fused-ring (bicyclic) bond motifs is 1. The summed E-state index contributed by atoms with van der Waals surface area (Å²) in [5.41, 5.74) is 2.04. The van der Waals surface area contributed by atoms with E-state index in [1.54, 1.807) is 53.9 Å². The number of carboxylic acids is 1. The van der Waals surface area contributed by atoms with Gasteiger partial charge < -0.3 is 9.84 Å². The molecule has 5 rings (SSSR count). The van der Waals surface area contributed by atoms with Crippen molar-refractivity contribution in [2.45, 2.75) is 11.3 Å². The molecule has 0 saturated carbocycles. The summed E-state index contributed by atoms with van der Waals surface area (Å²) in [6.45, 7) is -0.103. The van der Waals surface area contributed by atoms with Crippen LogP contribution in [0, 0.1) is 11.3 Å². The summed E-state index contributed by atoms with van der Waals surface area (Å²) in [6.07, 6.45) is -0.219. The Morgan fingerprint density at radius 3 is 2.58 bits per heavy atom. The maximum Gasteiger partial charge on any atom is 0.306 e. The average molecular weight is 564 g/mol. The largest absolute Gasteiger partial charge is 0.481 e. The van der Waals surface area contributed by atoms with Gasteiger partial charge in [-0.2, -0.15) is 5.26 Å². The van der Waals surface area contributed by atoms with Crippen molar-refractivity contribution in [3.63, 3.8) is 0 Å². The van der Waals surface area contributed by atoms with E-state index >= 15 is 0 Å². The maximum atomic E-state index is 14.2. The van der Waals surface area contributed by atoms with E-state index in [0.29, 0.717) is 31.9 Å². The highest BCUT2D eigenvalue weighted by atomic mass is 35.5. The van der Waals surface area contributed by atoms with Crippen LogP contribution in [0.4, 0.5) is 0 Å². The molecule has 0 fully saturated rings. The van der Waals surface area contributed by atoms with Crippen LogP contribution in [0.1, 0.15) is 11.3 Å². The van der Waals surface area contributed by atoms with Gasteiger partial charge in [0, 0.05) is 27.6 Å². The third kappa shape index (κ3) is 4.63. The first kappa shape index (κ1) is 25.5. The second-order valence-electron chi connectivity index (χ2n) is 8.09. The highest BCUT2D eigenvalue weighted by molar-refractivity contribution is 7.90. The highest BCUT2D eigenvalue weighted by Crippen LogP contribution is 2.44. The summed E-state index contributed by atoms with van der Waals surface area (Å²) in [5.74, 6) is -0.875. The molecule has 0 aliphatic heterocycles. The molecular weight excluding hydrogens is 546 g/mol. The number of nitrogens with zero attached hydrogens (tertiary/aromatic N) is 3. The summed E-state index contributed by atoms with van der Waals surface area (Å²) in [4.78, 5) is 15.9. The number of pyridine rings is 1. The summed E-state index contributed by atoms with van der Waals surface area (Å²) in [7, 11) is -4.17. The van der Waals surface area contributed by atoms with Gasteiger partial charge in [-0.1, -0.05) is 35.9 Å². The molecule has 0 saturated heterocycles. The Kier molecular flexibility index (Phi) is 6.91. The zero-order valence-corrected chi connectivity index (χ0v) is 21.9. The van der Waals surface area contributed by atoms with Crippen molar-refractivity contribution < 1.29 is 23.1 Å². The van der Waals surface area contributed by atoms with Gasteiger partial charge in [-0.25, -0.2) is 17.4 Å². The van der Waals surface area contributed by atoms with E-state index in [2.05, 4.69) is 11.1 Å². The molecule has 1 N–H and O–H groups in total. The first-order valence-corrected chi connectivity index (χ1v) is 14.0. The normalized spacial score (nSPS) is 11.4. The van der Waals surface area contributed by atoms with Crippen LogP contribution in [0.5, 0.6) is 5.88 Å². The number of nitriles is 1. The molecule has 0 aliphatic rings. The fourth-order valence-corrected chi connectivity index (χ4v) is 6.49. The van der Waals surface area contributed by atoms with Crippen molar-refractivity contribution in [1.29, 1.82) is 5.26 Å². The van der Waals surface area contributed by atoms with Crippen molar-refractivity contribution in [2.75, 3.05) is 6.61 Å². The van der Waals surface area contributed by atoms with Crippen LogP contribution in [0.2, 0.25) is 5.02 Å². The van der Waals surface area contributed by atoms with Gasteiger partial charge in [0.05, 0.1) is 28.2 Å². The van der Waals surface area contributed by atoms with Crippen LogP contribution in [0.15, 0.2) is 83.1 Å². The zero-order chi connectivity index (χ0) is 26.9. The molecule has 2 aromatic carbocycles. The van der Waals surface area contributed by atoms with Gasteiger partial charge in [0.15, 0.2) is 0 Å². The molecule has 3 aromatic heterocycles. The lowest BCUT2D eigenvalue weighted by Gasteiger charge is -2.14. The van der Waals surface area contributed by atoms with E-state index in [9.17, 15) is 18.5 Å². The van der Waals surface area contributed by atoms with Crippen LogP contribution in [0.25, 0.3) is 33.4 Å². The van der Waals surface area contributed by atoms with Gasteiger partial charge in [0.1, 0.15) is 17.6 Å². The Hall–Kier alpha value is -4.17. The van der Waals surface area contributed by atoms with Crippen molar-refractivity contribution in [3.05, 3.63) is 88.1 Å². The topological polar surface area (TPSA) is 122 Å². The fraction of sp³-hybridized carbons (Fsp3) is 0.0741. The molecule has 0 spiro atoms. The van der Waals surface area contributed by atoms with Crippen LogP contribution in [-0.2, 0) is 14.8 Å². The fourth-order valence-electron chi connectivity index (χ4n) is 4.14. The lowest BCUT2D eigenvalue weighted by Crippen LogP contribution is -2.15. The third-order valence-corrected chi connectivity index (χ3v) is 8.55. The zero-order valence-electron chi connectivity index (χ0n) is 19.5. The number of ether oxygens (including phenoxy) is 1. The Bertz CT molecular complexity index is 1820. The van der Waals surface area contributed by atoms with Crippen LogP contribution >= 0.6 is 22.9 Å². The number of para-hydroxylation sites is 1. The molecule has 11 heteroatoms. The smallest absolute Gasteiger partial charge is 0.306 e. The van der Waals surface area contributed by atoms with E-state index in [-0.39, 0.29) is 35.2 Å². The molecule has 3 heterocycles.